The lowest BCUT2D eigenvalue weighted by Crippen LogP contribution is -2.59. The van der Waals surface area contributed by atoms with E-state index in [-0.39, 0.29) is 5.41 Å². The summed E-state index contributed by atoms with van der Waals surface area (Å²) in [5.41, 5.74) is 1.13. The first kappa shape index (κ1) is 12.0. The molecule has 98 valence electrons. The number of benzene rings is 1. The molecule has 3 aliphatic heterocycles. The molecule has 4 nitrogen and oxygen atoms in total. The van der Waals surface area contributed by atoms with Gasteiger partial charge in [0.1, 0.15) is 5.75 Å². The molecule has 0 spiro atoms. The van der Waals surface area contributed by atoms with Crippen LogP contribution >= 0.6 is 0 Å². The SMILES string of the molecule is COc1ccc(CC23OCC(C)(CO2)CO3)cc1. The zero-order chi connectivity index (χ0) is 12.6. The fourth-order valence-corrected chi connectivity index (χ4v) is 2.25. The summed E-state index contributed by atoms with van der Waals surface area (Å²) in [5, 5.41) is 0. The zero-order valence-corrected chi connectivity index (χ0v) is 10.8. The lowest BCUT2D eigenvalue weighted by atomic mass is 9.91. The van der Waals surface area contributed by atoms with Crippen molar-refractivity contribution in [1.29, 1.82) is 0 Å². The van der Waals surface area contributed by atoms with E-state index in [4.69, 9.17) is 18.9 Å². The van der Waals surface area contributed by atoms with E-state index in [1.807, 2.05) is 24.3 Å². The molecule has 18 heavy (non-hydrogen) atoms. The van der Waals surface area contributed by atoms with Crippen LogP contribution in [0.4, 0.5) is 0 Å². The lowest BCUT2D eigenvalue weighted by molar-refractivity contribution is -0.464. The summed E-state index contributed by atoms with van der Waals surface area (Å²) in [6.07, 6.45) is 0.604. The standard InChI is InChI=1S/C14H18O4/c1-13-8-16-14(17-9-13,18-10-13)7-11-3-5-12(15-2)6-4-11/h3-6H,7-10H2,1-2H3. The first-order valence-electron chi connectivity index (χ1n) is 6.18. The summed E-state index contributed by atoms with van der Waals surface area (Å²) >= 11 is 0. The molecule has 3 saturated heterocycles. The molecular weight excluding hydrogens is 232 g/mol. The molecule has 0 aromatic heterocycles. The third-order valence-corrected chi connectivity index (χ3v) is 3.50. The number of hydrogen-bond donors (Lipinski definition) is 0. The lowest BCUT2D eigenvalue weighted by Gasteiger charge is -2.50. The predicted molar refractivity (Wildman–Crippen MR) is 65.4 cm³/mol. The van der Waals surface area contributed by atoms with Gasteiger partial charge < -0.3 is 18.9 Å². The third kappa shape index (κ3) is 2.11. The highest BCUT2D eigenvalue weighted by Gasteiger charge is 2.50. The minimum atomic E-state index is -0.883. The molecule has 1 aromatic carbocycles. The van der Waals surface area contributed by atoms with Crippen LogP contribution in [-0.2, 0) is 20.6 Å². The maximum atomic E-state index is 5.75. The number of rotatable bonds is 3. The van der Waals surface area contributed by atoms with Gasteiger partial charge in [-0.3, -0.25) is 0 Å². The van der Waals surface area contributed by atoms with Crippen molar-refractivity contribution >= 4 is 0 Å². The Bertz CT molecular complexity index is 401. The quantitative estimate of drug-likeness (QED) is 0.822. The third-order valence-electron chi connectivity index (χ3n) is 3.50. The van der Waals surface area contributed by atoms with E-state index in [9.17, 15) is 0 Å². The zero-order valence-electron chi connectivity index (χ0n) is 10.8. The second-order valence-corrected chi connectivity index (χ2v) is 5.38. The second kappa shape index (κ2) is 4.23. The van der Waals surface area contributed by atoms with E-state index in [0.29, 0.717) is 26.2 Å². The van der Waals surface area contributed by atoms with Gasteiger partial charge in [0.25, 0.3) is 5.97 Å². The molecule has 3 fully saturated rings. The van der Waals surface area contributed by atoms with E-state index in [0.717, 1.165) is 11.3 Å². The first-order chi connectivity index (χ1) is 8.63. The van der Waals surface area contributed by atoms with E-state index >= 15 is 0 Å². The van der Waals surface area contributed by atoms with Crippen LogP contribution in [0.5, 0.6) is 5.75 Å². The van der Waals surface area contributed by atoms with E-state index in [1.165, 1.54) is 0 Å². The van der Waals surface area contributed by atoms with Gasteiger partial charge in [0.05, 0.1) is 33.4 Å². The largest absolute Gasteiger partial charge is 0.497 e. The van der Waals surface area contributed by atoms with Gasteiger partial charge in [-0.05, 0) is 17.7 Å². The van der Waals surface area contributed by atoms with Crippen LogP contribution in [0.15, 0.2) is 24.3 Å². The second-order valence-electron chi connectivity index (χ2n) is 5.38. The van der Waals surface area contributed by atoms with Gasteiger partial charge in [0, 0.05) is 5.41 Å². The van der Waals surface area contributed by atoms with Gasteiger partial charge in [-0.2, -0.15) is 0 Å². The van der Waals surface area contributed by atoms with E-state index < -0.39 is 5.97 Å². The molecule has 4 heteroatoms. The maximum absolute atomic E-state index is 5.75. The van der Waals surface area contributed by atoms with Crippen molar-refractivity contribution in [2.75, 3.05) is 26.9 Å². The Labute approximate surface area is 107 Å². The van der Waals surface area contributed by atoms with Crippen LogP contribution in [0.25, 0.3) is 0 Å². The Morgan fingerprint density at radius 2 is 1.61 bits per heavy atom. The van der Waals surface area contributed by atoms with Gasteiger partial charge in [-0.25, -0.2) is 0 Å². The average molecular weight is 250 g/mol. The highest BCUT2D eigenvalue weighted by molar-refractivity contribution is 5.27. The molecule has 3 aliphatic rings. The molecule has 0 radical (unpaired) electrons. The summed E-state index contributed by atoms with van der Waals surface area (Å²) in [7, 11) is 1.66. The smallest absolute Gasteiger partial charge is 0.287 e. The Morgan fingerprint density at radius 1 is 1.06 bits per heavy atom. The molecule has 0 unspecified atom stereocenters. The average Bonchev–Trinajstić information content (AvgIpc) is 2.42. The summed E-state index contributed by atoms with van der Waals surface area (Å²) in [4.78, 5) is 0. The number of methoxy groups -OCH3 is 1. The van der Waals surface area contributed by atoms with Gasteiger partial charge in [-0.1, -0.05) is 19.1 Å². The molecule has 4 rings (SSSR count). The first-order valence-corrected chi connectivity index (χ1v) is 6.18. The van der Waals surface area contributed by atoms with Crippen molar-refractivity contribution in [2.24, 2.45) is 5.41 Å². The monoisotopic (exact) mass is 250 g/mol. The number of ether oxygens (including phenoxy) is 4. The molecule has 3 heterocycles. The van der Waals surface area contributed by atoms with Gasteiger partial charge >= 0.3 is 0 Å². The van der Waals surface area contributed by atoms with Crippen LogP contribution in [0.2, 0.25) is 0 Å². The molecular formula is C14H18O4. The van der Waals surface area contributed by atoms with Gasteiger partial charge in [0.2, 0.25) is 0 Å². The van der Waals surface area contributed by atoms with Crippen molar-refractivity contribution in [2.45, 2.75) is 19.3 Å². The number of fused-ring (bicyclic) bond motifs is 3. The van der Waals surface area contributed by atoms with Crippen molar-refractivity contribution in [3.63, 3.8) is 0 Å². The molecule has 2 bridgehead atoms. The molecule has 0 saturated carbocycles. The van der Waals surface area contributed by atoms with Crippen LogP contribution < -0.4 is 4.74 Å². The van der Waals surface area contributed by atoms with Crippen molar-refractivity contribution < 1.29 is 18.9 Å². The topological polar surface area (TPSA) is 36.9 Å². The van der Waals surface area contributed by atoms with E-state index in [1.54, 1.807) is 7.11 Å². The Morgan fingerprint density at radius 3 is 2.11 bits per heavy atom. The van der Waals surface area contributed by atoms with Crippen LogP contribution in [0, 0.1) is 5.41 Å². The molecule has 0 atom stereocenters. The normalized spacial score (nSPS) is 34.6. The van der Waals surface area contributed by atoms with Crippen molar-refractivity contribution in [3.05, 3.63) is 29.8 Å². The highest BCUT2D eigenvalue weighted by Crippen LogP contribution is 2.39. The van der Waals surface area contributed by atoms with Crippen LogP contribution in [0.3, 0.4) is 0 Å². The summed E-state index contributed by atoms with van der Waals surface area (Å²) in [5.74, 6) is -0.0364. The van der Waals surface area contributed by atoms with Crippen LogP contribution in [0.1, 0.15) is 12.5 Å². The number of hydrogen-bond acceptors (Lipinski definition) is 4. The Hall–Kier alpha value is -1.10. The fraction of sp³-hybridized carbons (Fsp3) is 0.571. The van der Waals surface area contributed by atoms with E-state index in [2.05, 4.69) is 6.92 Å². The van der Waals surface area contributed by atoms with Gasteiger partial charge in [-0.15, -0.1) is 0 Å². The minimum Gasteiger partial charge on any atom is -0.497 e. The highest BCUT2D eigenvalue weighted by atomic mass is 16.9. The van der Waals surface area contributed by atoms with Crippen molar-refractivity contribution in [1.82, 2.24) is 0 Å². The molecule has 0 N–H and O–H groups in total. The van der Waals surface area contributed by atoms with Crippen molar-refractivity contribution in [3.8, 4) is 5.75 Å². The summed E-state index contributed by atoms with van der Waals surface area (Å²) in [6, 6.07) is 7.88. The molecule has 0 aliphatic carbocycles. The Balaban J connectivity index is 1.72. The van der Waals surface area contributed by atoms with Crippen LogP contribution in [-0.4, -0.2) is 32.9 Å². The maximum Gasteiger partial charge on any atom is 0.287 e. The predicted octanol–water partition coefficient (Wildman–Crippen LogP) is 1.97. The minimum absolute atomic E-state index is 0.0155. The summed E-state index contributed by atoms with van der Waals surface area (Å²) in [6.45, 7) is 4.21. The summed E-state index contributed by atoms with van der Waals surface area (Å²) < 4.78 is 22.4. The Kier molecular flexibility index (Phi) is 2.81. The molecule has 0 amide bonds. The van der Waals surface area contributed by atoms with Gasteiger partial charge in [0.15, 0.2) is 0 Å². The molecule has 1 aromatic rings. The fourth-order valence-electron chi connectivity index (χ4n) is 2.25.